The zero-order valence-corrected chi connectivity index (χ0v) is 38.3. The Hall–Kier alpha value is -5.21. The fourth-order valence-electron chi connectivity index (χ4n) is 10.8. The van der Waals surface area contributed by atoms with Crippen LogP contribution in [-0.2, 0) is 16.0 Å². The zero-order chi connectivity index (χ0) is 45.1. The van der Waals surface area contributed by atoms with E-state index in [2.05, 4.69) is 32.6 Å². The average Bonchev–Trinajstić information content (AvgIpc) is 4.16. The number of nitrogens with one attached hydrogen (secondary N) is 2. The molecule has 6 heterocycles. The van der Waals surface area contributed by atoms with Crippen LogP contribution >= 0.6 is 0 Å². The number of pyridine rings is 2. The Kier molecular flexibility index (Phi) is 15.9. The quantitative estimate of drug-likeness (QED) is 0.126. The van der Waals surface area contributed by atoms with Gasteiger partial charge in [0.2, 0.25) is 0 Å². The molecule has 14 nitrogen and oxygen atoms in total. The number of methoxy groups -OCH3 is 1. The van der Waals surface area contributed by atoms with Crippen molar-refractivity contribution in [3.8, 4) is 11.1 Å². The van der Waals surface area contributed by atoms with Crippen LogP contribution in [0.5, 0.6) is 0 Å². The first-order valence-electron chi connectivity index (χ1n) is 24.6. The summed E-state index contributed by atoms with van der Waals surface area (Å²) in [5, 5.41) is 5.98. The van der Waals surface area contributed by atoms with Gasteiger partial charge in [0, 0.05) is 44.8 Å². The molecule has 4 saturated heterocycles. The van der Waals surface area contributed by atoms with Crippen LogP contribution in [0, 0.1) is 5.92 Å². The van der Waals surface area contributed by atoms with E-state index in [0.29, 0.717) is 37.2 Å². The summed E-state index contributed by atoms with van der Waals surface area (Å²) < 4.78 is 5.19. The van der Waals surface area contributed by atoms with Crippen LogP contribution < -0.4 is 10.6 Å². The van der Waals surface area contributed by atoms with Crippen molar-refractivity contribution in [3.63, 3.8) is 0 Å². The molecule has 3 atom stereocenters. The van der Waals surface area contributed by atoms with Gasteiger partial charge < -0.3 is 35.0 Å². The van der Waals surface area contributed by atoms with Crippen molar-refractivity contribution in [1.82, 2.24) is 40.2 Å². The first kappa shape index (κ1) is 46.3. The Labute approximate surface area is 384 Å². The molecule has 5 aliphatic rings. The summed E-state index contributed by atoms with van der Waals surface area (Å²) in [6, 6.07) is 15.8. The number of piperidine rings is 1. The van der Waals surface area contributed by atoms with Gasteiger partial charge in [-0.3, -0.25) is 19.2 Å². The summed E-state index contributed by atoms with van der Waals surface area (Å²) in [5.74, 6) is -2.15. The SMILES string of the molecule is COC(=O)C(NC(=O)c1cc(-c2cc(C(=O)NCCCc3ccccc3)nc(C(=O)N3CCCC3CN3CCCC3)c2)cc(C(=O)N2CCCC2CN2CCCCC2)n1)C1CCCCC1. The van der Waals surface area contributed by atoms with Gasteiger partial charge in [0.25, 0.3) is 23.6 Å². The second-order valence-electron chi connectivity index (χ2n) is 18.9. The molecule has 1 saturated carbocycles. The van der Waals surface area contributed by atoms with E-state index in [4.69, 9.17) is 14.7 Å². The van der Waals surface area contributed by atoms with Crippen molar-refractivity contribution in [1.29, 1.82) is 0 Å². The number of hydrogen-bond donors (Lipinski definition) is 2. The third-order valence-electron chi connectivity index (χ3n) is 14.4. The largest absolute Gasteiger partial charge is 0.467 e. The fourth-order valence-corrected chi connectivity index (χ4v) is 10.8. The average molecular weight is 889 g/mol. The van der Waals surface area contributed by atoms with Gasteiger partial charge in [0.05, 0.1) is 7.11 Å². The lowest BCUT2D eigenvalue weighted by molar-refractivity contribution is -0.144. The maximum absolute atomic E-state index is 14.7. The molecule has 14 heteroatoms. The molecule has 65 heavy (non-hydrogen) atoms. The number of rotatable bonds is 16. The number of aromatic nitrogens is 2. The molecule has 0 spiro atoms. The number of benzene rings is 1. The van der Waals surface area contributed by atoms with Crippen LogP contribution in [0.3, 0.4) is 0 Å². The molecule has 3 aromatic rings. The molecule has 2 N–H and O–H groups in total. The van der Waals surface area contributed by atoms with Crippen molar-refractivity contribution in [3.05, 3.63) is 82.9 Å². The molecule has 2 aromatic heterocycles. The molecule has 1 aromatic carbocycles. The summed E-state index contributed by atoms with van der Waals surface area (Å²) in [6.07, 6.45) is 15.4. The Morgan fingerprint density at radius 1 is 0.615 bits per heavy atom. The minimum absolute atomic E-state index is 0.00893. The van der Waals surface area contributed by atoms with E-state index >= 15 is 0 Å². The van der Waals surface area contributed by atoms with E-state index in [-0.39, 0.29) is 52.6 Å². The predicted molar refractivity (Wildman–Crippen MR) is 248 cm³/mol. The van der Waals surface area contributed by atoms with Crippen LogP contribution in [0.2, 0.25) is 0 Å². The molecule has 1 aliphatic carbocycles. The minimum atomic E-state index is -0.874. The van der Waals surface area contributed by atoms with Crippen LogP contribution in [-0.4, -0.2) is 143 Å². The lowest BCUT2D eigenvalue weighted by Crippen LogP contribution is -2.47. The first-order valence-corrected chi connectivity index (χ1v) is 24.6. The highest BCUT2D eigenvalue weighted by Gasteiger charge is 2.36. The fraction of sp³-hybridized carbons (Fsp3) is 0.588. The third kappa shape index (κ3) is 11.8. The molecule has 8 rings (SSSR count). The molecule has 4 aliphatic heterocycles. The standard InChI is InChI=1S/C51H68N8O6/c1-65-51(64)46(37-19-7-3-8-20-37)55-48(61)43-31-39(33-45(54-43)50(63)59-29-14-21-40(59)34-56-24-9-4-10-25-56)38-30-42(47(60)52-23-13-18-36-16-5-2-6-17-36)53-44(32-38)49(62)58-28-15-22-41(58)35-57-26-11-12-27-57/h2,5-6,16-17,30-33,37,40-41,46H,3-4,7-15,18-29,34-35H2,1H3,(H,52,60)(H,55,61). The number of carbonyl (C=O) groups excluding carboxylic acids is 5. The van der Waals surface area contributed by atoms with Crippen LogP contribution in [0.4, 0.5) is 0 Å². The molecule has 4 amide bonds. The Balaban J connectivity index is 1.14. The smallest absolute Gasteiger partial charge is 0.328 e. The number of carbonyl (C=O) groups is 5. The van der Waals surface area contributed by atoms with Crippen molar-refractivity contribution >= 4 is 29.6 Å². The van der Waals surface area contributed by atoms with Gasteiger partial charge in [-0.15, -0.1) is 0 Å². The summed E-state index contributed by atoms with van der Waals surface area (Å²) >= 11 is 0. The van der Waals surface area contributed by atoms with Crippen LogP contribution in [0.15, 0.2) is 54.6 Å². The predicted octanol–water partition coefficient (Wildman–Crippen LogP) is 6.15. The zero-order valence-electron chi connectivity index (χ0n) is 38.3. The summed E-state index contributed by atoms with van der Waals surface area (Å²) in [5.41, 5.74) is 2.33. The van der Waals surface area contributed by atoms with Crippen LogP contribution in [0.25, 0.3) is 11.1 Å². The lowest BCUT2D eigenvalue weighted by atomic mass is 9.84. The minimum Gasteiger partial charge on any atom is -0.467 e. The van der Waals surface area contributed by atoms with Crippen molar-refractivity contribution in [2.24, 2.45) is 5.92 Å². The maximum Gasteiger partial charge on any atom is 0.328 e. The van der Waals surface area contributed by atoms with Crippen LogP contribution in [0.1, 0.15) is 144 Å². The van der Waals surface area contributed by atoms with Gasteiger partial charge in [0.15, 0.2) is 0 Å². The Bertz CT molecular complexity index is 2130. The van der Waals surface area contributed by atoms with Gasteiger partial charge >= 0.3 is 5.97 Å². The van der Waals surface area contributed by atoms with E-state index in [0.717, 1.165) is 129 Å². The molecule has 0 bridgehead atoms. The number of nitrogens with zero attached hydrogens (tertiary/aromatic N) is 6. The monoisotopic (exact) mass is 889 g/mol. The maximum atomic E-state index is 14.7. The van der Waals surface area contributed by atoms with E-state index in [1.165, 1.54) is 19.1 Å². The van der Waals surface area contributed by atoms with E-state index in [9.17, 15) is 24.0 Å². The van der Waals surface area contributed by atoms with E-state index in [1.54, 1.807) is 24.3 Å². The van der Waals surface area contributed by atoms with Crippen molar-refractivity contribution in [2.45, 2.75) is 121 Å². The number of likely N-dealkylation sites (tertiary alicyclic amines) is 4. The number of amides is 4. The molecule has 348 valence electrons. The normalized spacial score (nSPS) is 21.3. The van der Waals surface area contributed by atoms with E-state index < -0.39 is 23.8 Å². The Morgan fingerprint density at radius 3 is 1.68 bits per heavy atom. The van der Waals surface area contributed by atoms with Gasteiger partial charge in [-0.05, 0) is 150 Å². The van der Waals surface area contributed by atoms with Crippen molar-refractivity contribution in [2.75, 3.05) is 66.0 Å². The topological polar surface area (TPSA) is 157 Å². The second kappa shape index (κ2) is 22.3. The highest BCUT2D eigenvalue weighted by molar-refractivity contribution is 6.01. The van der Waals surface area contributed by atoms with Crippen molar-refractivity contribution < 1.29 is 28.7 Å². The van der Waals surface area contributed by atoms with Gasteiger partial charge in [-0.2, -0.15) is 0 Å². The summed E-state index contributed by atoms with van der Waals surface area (Å²) in [4.78, 5) is 89.1. The molecular formula is C51H68N8O6. The molecule has 5 fully saturated rings. The van der Waals surface area contributed by atoms with Gasteiger partial charge in [0.1, 0.15) is 28.8 Å². The highest BCUT2D eigenvalue weighted by Crippen LogP contribution is 2.30. The Morgan fingerprint density at radius 2 is 1.12 bits per heavy atom. The highest BCUT2D eigenvalue weighted by atomic mass is 16.5. The number of ether oxygens (including phenoxy) is 1. The lowest BCUT2D eigenvalue weighted by Gasteiger charge is -2.33. The van der Waals surface area contributed by atoms with Gasteiger partial charge in [-0.25, -0.2) is 14.8 Å². The van der Waals surface area contributed by atoms with E-state index in [1.807, 2.05) is 28.0 Å². The van der Waals surface area contributed by atoms with Gasteiger partial charge in [-0.1, -0.05) is 56.0 Å². The second-order valence-corrected chi connectivity index (χ2v) is 18.9. The molecule has 3 unspecified atom stereocenters. The summed E-state index contributed by atoms with van der Waals surface area (Å²) in [7, 11) is 1.33. The number of aryl methyl sites for hydroxylation is 1. The number of esters is 1. The molecular weight excluding hydrogens is 821 g/mol. The number of hydrogen-bond acceptors (Lipinski definition) is 10. The first-order chi connectivity index (χ1) is 31.7. The molecule has 0 radical (unpaired) electrons. The third-order valence-corrected chi connectivity index (χ3v) is 14.4. The summed E-state index contributed by atoms with van der Waals surface area (Å²) in [6.45, 7) is 7.25.